The van der Waals surface area contributed by atoms with Gasteiger partial charge in [0.25, 0.3) is 0 Å². The van der Waals surface area contributed by atoms with Crippen LogP contribution in [0.5, 0.6) is 0 Å². The fourth-order valence-corrected chi connectivity index (χ4v) is 3.64. The monoisotopic (exact) mass is 372 g/mol. The maximum atomic E-state index is 8.75. The van der Waals surface area contributed by atoms with Gasteiger partial charge in [0.15, 0.2) is 8.32 Å². The summed E-state index contributed by atoms with van der Waals surface area (Å²) in [5.74, 6) is 0.547. The van der Waals surface area contributed by atoms with E-state index < -0.39 is 14.4 Å². The van der Waals surface area contributed by atoms with Crippen LogP contribution in [0.1, 0.15) is 38.1 Å². The van der Waals surface area contributed by atoms with Crippen molar-refractivity contribution in [2.75, 3.05) is 12.3 Å². The third-order valence-electron chi connectivity index (χ3n) is 4.96. The first-order valence-corrected chi connectivity index (χ1v) is 11.6. The van der Waals surface area contributed by atoms with Gasteiger partial charge in [0, 0.05) is 4.91 Å². The maximum absolute atomic E-state index is 8.75. The second-order valence-corrected chi connectivity index (χ2v) is 12.7. The summed E-state index contributed by atoms with van der Waals surface area (Å²) in [6.45, 7) is 11.6. The number of rotatable bonds is 7. The van der Waals surface area contributed by atoms with Crippen molar-refractivity contribution in [3.05, 3.63) is 58.4 Å². The molecule has 1 aromatic carbocycles. The maximum Gasteiger partial charge on any atom is 0.192 e. The predicted molar refractivity (Wildman–Crippen MR) is 107 cm³/mol. The van der Waals surface area contributed by atoms with Gasteiger partial charge >= 0.3 is 0 Å². The van der Waals surface area contributed by atoms with Gasteiger partial charge in [-0.1, -0.05) is 56.2 Å². The fraction of sp³-hybridized carbons (Fsp3) is 0.500. The predicted octanol–water partition coefficient (Wildman–Crippen LogP) is 4.89. The van der Waals surface area contributed by atoms with Crippen LogP contribution >= 0.6 is 0 Å². The molecule has 0 bridgehead atoms. The molecule has 2 rings (SSSR count). The van der Waals surface area contributed by atoms with E-state index in [1.54, 1.807) is 6.33 Å². The first-order valence-electron chi connectivity index (χ1n) is 8.69. The minimum Gasteiger partial charge on any atom is -0.408 e. The molecule has 0 unspecified atom stereocenters. The Hall–Kier alpha value is -2.28. The van der Waals surface area contributed by atoms with Crippen LogP contribution in [0.15, 0.2) is 41.8 Å². The zero-order valence-corrected chi connectivity index (χ0v) is 17.2. The average Bonchev–Trinajstić information content (AvgIpc) is 2.92. The molecule has 2 aromatic rings. The second kappa shape index (κ2) is 7.95. The van der Waals surface area contributed by atoms with E-state index in [0.717, 1.165) is 5.56 Å². The van der Waals surface area contributed by atoms with Crippen LogP contribution in [0.2, 0.25) is 18.1 Å². The zero-order valence-electron chi connectivity index (χ0n) is 16.2. The van der Waals surface area contributed by atoms with Gasteiger partial charge in [0.2, 0.25) is 0 Å². The molecule has 0 amide bonds. The minimum atomic E-state index is -2.08. The molecule has 0 radical (unpaired) electrons. The molecule has 0 spiro atoms. The average molecular weight is 373 g/mol. The highest BCUT2D eigenvalue weighted by atomic mass is 28.4. The molecule has 1 aromatic heterocycles. The van der Waals surface area contributed by atoms with Crippen molar-refractivity contribution in [2.24, 2.45) is 5.11 Å². The van der Waals surface area contributed by atoms with Gasteiger partial charge in [-0.15, -0.1) is 0 Å². The van der Waals surface area contributed by atoms with Crippen molar-refractivity contribution >= 4 is 14.1 Å². The molecule has 0 aliphatic carbocycles. The summed E-state index contributed by atoms with van der Waals surface area (Å²) in [7, 11) is -2.08. The first-order chi connectivity index (χ1) is 12.2. The van der Waals surface area contributed by atoms with E-state index in [1.807, 2.05) is 34.9 Å². The van der Waals surface area contributed by atoms with Crippen molar-refractivity contribution in [1.82, 2.24) is 9.55 Å². The summed E-state index contributed by atoms with van der Waals surface area (Å²) in [5, 5.41) is 3.75. The summed E-state index contributed by atoms with van der Waals surface area (Å²) in [4.78, 5) is 7.37. The molecule has 2 N–H and O–H groups in total. The Balaban J connectivity index is 2.30. The Morgan fingerprint density at radius 2 is 1.96 bits per heavy atom. The number of benzene rings is 1. The van der Waals surface area contributed by atoms with Gasteiger partial charge < -0.3 is 14.7 Å². The summed E-state index contributed by atoms with van der Waals surface area (Å²) >= 11 is 0. The standard InChI is InChI=1S/C18H28N6OSi/c1-18(2,3)26(4,5)25-15(11-22-23-20)16-17(19)24(13-21-16)12-14-9-7-6-8-10-14/h6-10,13,15H,11-12,19H2,1-5H3/t15-/m1/s1. The summed E-state index contributed by atoms with van der Waals surface area (Å²) in [6, 6.07) is 10.1. The van der Waals surface area contributed by atoms with Crippen LogP contribution in [-0.2, 0) is 11.0 Å². The lowest BCUT2D eigenvalue weighted by atomic mass is 10.2. The molecule has 0 aliphatic rings. The Labute approximate surface area is 156 Å². The third kappa shape index (κ3) is 4.66. The Kier molecular flexibility index (Phi) is 6.12. The van der Waals surface area contributed by atoms with E-state index in [4.69, 9.17) is 15.7 Å². The normalized spacial score (nSPS) is 13.3. The molecule has 0 fully saturated rings. The Bertz CT molecular complexity index is 775. The summed E-state index contributed by atoms with van der Waals surface area (Å²) in [5.41, 5.74) is 16.9. The lowest BCUT2D eigenvalue weighted by Crippen LogP contribution is -2.42. The number of nitrogen functional groups attached to an aromatic ring is 1. The third-order valence-corrected chi connectivity index (χ3v) is 9.45. The van der Waals surface area contributed by atoms with Crippen molar-refractivity contribution in [2.45, 2.75) is 51.6 Å². The Morgan fingerprint density at radius 1 is 1.31 bits per heavy atom. The molecule has 26 heavy (non-hydrogen) atoms. The van der Waals surface area contributed by atoms with Gasteiger partial charge in [0.1, 0.15) is 11.5 Å². The number of azide groups is 1. The van der Waals surface area contributed by atoms with Gasteiger partial charge in [-0.3, -0.25) is 0 Å². The highest BCUT2D eigenvalue weighted by molar-refractivity contribution is 6.74. The lowest BCUT2D eigenvalue weighted by Gasteiger charge is -2.38. The molecule has 0 aliphatic heterocycles. The quantitative estimate of drug-likeness (QED) is 0.324. The molecule has 140 valence electrons. The first kappa shape index (κ1) is 20.0. The highest BCUT2D eigenvalue weighted by Gasteiger charge is 2.40. The Morgan fingerprint density at radius 3 is 2.54 bits per heavy atom. The minimum absolute atomic E-state index is 0.0307. The van der Waals surface area contributed by atoms with Crippen molar-refractivity contribution in [3.63, 3.8) is 0 Å². The SMILES string of the molecule is CC(C)(C)[Si](C)(C)O[C@H](CN=[N+]=[N-])c1ncn(Cc2ccccc2)c1N. The van der Waals surface area contributed by atoms with E-state index >= 15 is 0 Å². The van der Waals surface area contributed by atoms with Crippen LogP contribution in [0.4, 0.5) is 5.82 Å². The van der Waals surface area contributed by atoms with Crippen LogP contribution in [0, 0.1) is 0 Å². The largest absolute Gasteiger partial charge is 0.408 e. The van der Waals surface area contributed by atoms with Crippen LogP contribution in [-0.4, -0.2) is 24.4 Å². The van der Waals surface area contributed by atoms with Gasteiger partial charge in [-0.25, -0.2) is 4.98 Å². The number of nitrogens with zero attached hydrogens (tertiary/aromatic N) is 5. The smallest absolute Gasteiger partial charge is 0.192 e. The van der Waals surface area contributed by atoms with Crippen LogP contribution in [0.3, 0.4) is 0 Å². The zero-order chi connectivity index (χ0) is 19.4. The van der Waals surface area contributed by atoms with Gasteiger partial charge in [-0.05, 0) is 29.2 Å². The van der Waals surface area contributed by atoms with Crippen LogP contribution in [0.25, 0.3) is 10.4 Å². The van der Waals surface area contributed by atoms with E-state index in [2.05, 4.69) is 48.9 Å². The molecule has 8 heteroatoms. The number of aromatic nitrogens is 2. The lowest BCUT2D eigenvalue weighted by molar-refractivity contribution is 0.188. The van der Waals surface area contributed by atoms with E-state index in [0.29, 0.717) is 18.1 Å². The van der Waals surface area contributed by atoms with Crippen LogP contribution < -0.4 is 5.73 Å². The van der Waals surface area contributed by atoms with Crippen molar-refractivity contribution in [3.8, 4) is 0 Å². The molecule has 0 saturated carbocycles. The summed E-state index contributed by atoms with van der Waals surface area (Å²) < 4.78 is 8.34. The number of hydrogen-bond acceptors (Lipinski definition) is 4. The van der Waals surface area contributed by atoms with E-state index in [1.165, 1.54) is 0 Å². The van der Waals surface area contributed by atoms with Crippen molar-refractivity contribution < 1.29 is 4.43 Å². The molecule has 1 heterocycles. The highest BCUT2D eigenvalue weighted by Crippen LogP contribution is 2.40. The van der Waals surface area contributed by atoms with Gasteiger partial charge in [-0.2, -0.15) is 0 Å². The molecule has 0 saturated heterocycles. The van der Waals surface area contributed by atoms with E-state index in [-0.39, 0.29) is 11.6 Å². The fourth-order valence-electron chi connectivity index (χ4n) is 2.38. The number of nitrogens with two attached hydrogens (primary N) is 1. The van der Waals surface area contributed by atoms with Gasteiger partial charge in [0.05, 0.1) is 25.5 Å². The number of hydrogen-bond donors (Lipinski definition) is 1. The molecule has 1 atom stereocenters. The molecular formula is C18H28N6OSi. The molecular weight excluding hydrogens is 344 g/mol. The topological polar surface area (TPSA) is 102 Å². The second-order valence-electron chi connectivity index (χ2n) is 7.91. The summed E-state index contributed by atoms with van der Waals surface area (Å²) in [6.07, 6.45) is 1.28. The van der Waals surface area contributed by atoms with E-state index in [9.17, 15) is 0 Å². The molecule has 7 nitrogen and oxygen atoms in total. The van der Waals surface area contributed by atoms with Crippen molar-refractivity contribution in [1.29, 1.82) is 0 Å². The number of imidazole rings is 1. The number of anilines is 1.